The zero-order valence-electron chi connectivity index (χ0n) is 16.2. The van der Waals surface area contributed by atoms with Gasteiger partial charge in [-0.1, -0.05) is 40.9 Å². The number of benzene rings is 3. The number of rotatable bonds is 1. The molecular weight excluding hydrogens is 426 g/mol. The molecule has 6 rings (SSSR count). The summed E-state index contributed by atoms with van der Waals surface area (Å²) in [6.07, 6.45) is 5.05. The van der Waals surface area contributed by atoms with E-state index in [9.17, 15) is 5.11 Å². The Kier molecular flexibility index (Phi) is 6.84. The van der Waals surface area contributed by atoms with Gasteiger partial charge in [0.15, 0.2) is 0 Å². The van der Waals surface area contributed by atoms with Gasteiger partial charge in [-0.3, -0.25) is 9.97 Å². The highest BCUT2D eigenvalue weighted by molar-refractivity contribution is 7.21. The normalized spacial score (nSPS) is 10.1. The minimum atomic E-state index is 0.279. The Morgan fingerprint density at radius 1 is 0.677 bits per heavy atom. The number of aromatic hydroxyl groups is 1. The van der Waals surface area contributed by atoms with Crippen molar-refractivity contribution in [1.29, 1.82) is 0 Å². The van der Waals surface area contributed by atoms with Crippen LogP contribution in [0.15, 0.2) is 96.8 Å². The van der Waals surface area contributed by atoms with Gasteiger partial charge in [0.1, 0.15) is 10.8 Å². The standard InChI is InChI=1S/C13H9NOS.C8H6N2.C2H2N2S/c15-11-7-3-1-5-9(11)13-14-10-6-2-4-8-12(10)16-13;1-2-4-8-7(3-1)9-5-6-10-8;1-2-5-4-3-1/h1-8,15H;1-6H;1-2H. The molecule has 0 aliphatic heterocycles. The smallest absolute Gasteiger partial charge is 0.128 e. The molecule has 0 amide bonds. The quantitative estimate of drug-likeness (QED) is 0.344. The molecule has 3 heterocycles. The van der Waals surface area contributed by atoms with Gasteiger partial charge in [-0.15, -0.1) is 16.4 Å². The molecule has 6 nitrogen and oxygen atoms in total. The van der Waals surface area contributed by atoms with Crippen molar-refractivity contribution >= 4 is 44.1 Å². The van der Waals surface area contributed by atoms with Gasteiger partial charge in [0.25, 0.3) is 0 Å². The van der Waals surface area contributed by atoms with Crippen LogP contribution in [-0.4, -0.2) is 29.6 Å². The van der Waals surface area contributed by atoms with Gasteiger partial charge in [0.2, 0.25) is 0 Å². The van der Waals surface area contributed by atoms with Crippen LogP contribution in [0, 0.1) is 0 Å². The predicted molar refractivity (Wildman–Crippen MR) is 126 cm³/mol. The molecule has 0 atom stereocenters. The van der Waals surface area contributed by atoms with E-state index in [4.69, 9.17) is 0 Å². The summed E-state index contributed by atoms with van der Waals surface area (Å²) >= 11 is 2.95. The Bertz CT molecular complexity index is 1250. The van der Waals surface area contributed by atoms with Crippen molar-refractivity contribution in [2.24, 2.45) is 0 Å². The molecule has 3 aromatic carbocycles. The largest absolute Gasteiger partial charge is 0.507 e. The molecule has 0 saturated heterocycles. The van der Waals surface area contributed by atoms with Crippen LogP contribution in [-0.2, 0) is 0 Å². The van der Waals surface area contributed by atoms with Crippen molar-refractivity contribution in [3.8, 4) is 16.3 Å². The first kappa shape index (κ1) is 20.5. The number of hydrogen-bond acceptors (Lipinski definition) is 8. The van der Waals surface area contributed by atoms with E-state index in [1.165, 1.54) is 11.5 Å². The second-order valence-corrected chi connectivity index (χ2v) is 7.81. The maximum absolute atomic E-state index is 9.76. The molecule has 1 N–H and O–H groups in total. The SMILES string of the molecule is Oc1ccccc1-c1nc2ccccc2s1.c1ccc2nccnc2c1.c1csnn1. The molecule has 0 spiro atoms. The lowest BCUT2D eigenvalue weighted by molar-refractivity contribution is 0.477. The zero-order valence-corrected chi connectivity index (χ0v) is 17.9. The van der Waals surface area contributed by atoms with E-state index in [1.54, 1.807) is 36.0 Å². The minimum Gasteiger partial charge on any atom is -0.507 e. The first-order valence-corrected chi connectivity index (χ1v) is 11.0. The molecule has 0 radical (unpaired) electrons. The van der Waals surface area contributed by atoms with E-state index in [1.807, 2.05) is 72.1 Å². The van der Waals surface area contributed by atoms with Crippen LogP contribution in [0.2, 0.25) is 0 Å². The van der Waals surface area contributed by atoms with E-state index >= 15 is 0 Å². The number of hydrogen-bond donors (Lipinski definition) is 1. The first-order valence-electron chi connectivity index (χ1n) is 9.32. The lowest BCUT2D eigenvalue weighted by atomic mass is 10.2. The summed E-state index contributed by atoms with van der Waals surface area (Å²) in [6.45, 7) is 0. The van der Waals surface area contributed by atoms with E-state index in [-0.39, 0.29) is 5.75 Å². The molecule has 8 heteroatoms. The third kappa shape index (κ3) is 5.44. The van der Waals surface area contributed by atoms with Crippen LogP contribution in [0.3, 0.4) is 0 Å². The highest BCUT2D eigenvalue weighted by Crippen LogP contribution is 2.34. The summed E-state index contributed by atoms with van der Waals surface area (Å²) in [7, 11) is 0. The van der Waals surface area contributed by atoms with Crippen molar-refractivity contribution in [2.75, 3.05) is 0 Å². The zero-order chi connectivity index (χ0) is 21.3. The van der Waals surface area contributed by atoms with Crippen LogP contribution in [0.1, 0.15) is 0 Å². The molecule has 0 fully saturated rings. The van der Waals surface area contributed by atoms with Gasteiger partial charge in [0.05, 0.1) is 33.0 Å². The van der Waals surface area contributed by atoms with E-state index in [0.717, 1.165) is 31.8 Å². The van der Waals surface area contributed by atoms with Gasteiger partial charge in [-0.25, -0.2) is 4.98 Å². The molecule has 0 aliphatic carbocycles. The van der Waals surface area contributed by atoms with Crippen molar-refractivity contribution in [2.45, 2.75) is 0 Å². The maximum atomic E-state index is 9.76. The number of para-hydroxylation sites is 4. The Morgan fingerprint density at radius 3 is 1.90 bits per heavy atom. The summed E-state index contributed by atoms with van der Waals surface area (Å²) in [4.78, 5) is 12.7. The maximum Gasteiger partial charge on any atom is 0.128 e. The topological polar surface area (TPSA) is 84.7 Å². The number of phenolic OH excluding ortho intramolecular Hbond substituents is 1. The minimum absolute atomic E-state index is 0.279. The summed E-state index contributed by atoms with van der Waals surface area (Å²) in [5.41, 5.74) is 3.67. The Labute approximate surface area is 186 Å². The van der Waals surface area contributed by atoms with Crippen LogP contribution in [0.25, 0.3) is 31.8 Å². The first-order chi connectivity index (χ1) is 15.3. The average molecular weight is 444 g/mol. The lowest BCUT2D eigenvalue weighted by Gasteiger charge is -1.98. The summed E-state index contributed by atoms with van der Waals surface area (Å²) in [6, 6.07) is 23.1. The molecule has 0 aliphatic rings. The summed E-state index contributed by atoms with van der Waals surface area (Å²) < 4.78 is 4.65. The molecule has 6 aromatic rings. The van der Waals surface area contributed by atoms with Gasteiger partial charge in [-0.2, -0.15) is 0 Å². The highest BCUT2D eigenvalue weighted by Gasteiger charge is 2.08. The number of thiazole rings is 1. The van der Waals surface area contributed by atoms with Gasteiger partial charge >= 0.3 is 0 Å². The average Bonchev–Trinajstić information content (AvgIpc) is 3.53. The van der Waals surface area contributed by atoms with Gasteiger partial charge in [-0.05, 0) is 47.9 Å². The van der Waals surface area contributed by atoms with E-state index < -0.39 is 0 Å². The fourth-order valence-electron chi connectivity index (χ4n) is 2.69. The molecule has 31 heavy (non-hydrogen) atoms. The van der Waals surface area contributed by atoms with Gasteiger partial charge < -0.3 is 5.11 Å². The third-order valence-electron chi connectivity index (χ3n) is 4.09. The van der Waals surface area contributed by atoms with Crippen LogP contribution < -0.4 is 0 Å². The molecule has 0 unspecified atom stereocenters. The third-order valence-corrected chi connectivity index (χ3v) is 5.59. The monoisotopic (exact) mass is 443 g/mol. The van der Waals surface area contributed by atoms with E-state index in [0.29, 0.717) is 0 Å². The molecule has 0 bridgehead atoms. The Morgan fingerprint density at radius 2 is 1.32 bits per heavy atom. The summed E-state index contributed by atoms with van der Waals surface area (Å²) in [5, 5.41) is 15.9. The number of phenols is 1. The summed E-state index contributed by atoms with van der Waals surface area (Å²) in [5.74, 6) is 0.279. The Hall–Kier alpha value is -3.75. The molecule has 3 aromatic heterocycles. The second-order valence-electron chi connectivity index (χ2n) is 6.14. The number of nitrogens with zero attached hydrogens (tertiary/aromatic N) is 5. The number of fused-ring (bicyclic) bond motifs is 2. The fourth-order valence-corrected chi connectivity index (χ4v) is 3.96. The van der Waals surface area contributed by atoms with Crippen LogP contribution in [0.5, 0.6) is 5.75 Å². The fraction of sp³-hybridized carbons (Fsp3) is 0. The molecule has 0 saturated carbocycles. The number of aromatic nitrogens is 5. The predicted octanol–water partition coefficient (Wildman–Crippen LogP) is 5.84. The van der Waals surface area contributed by atoms with Crippen LogP contribution >= 0.6 is 22.9 Å². The Balaban J connectivity index is 0.000000130. The van der Waals surface area contributed by atoms with Crippen LogP contribution in [0.4, 0.5) is 0 Å². The van der Waals surface area contributed by atoms with Crippen molar-refractivity contribution < 1.29 is 5.11 Å². The van der Waals surface area contributed by atoms with Crippen molar-refractivity contribution in [3.05, 3.63) is 96.8 Å². The van der Waals surface area contributed by atoms with Crippen molar-refractivity contribution in [1.82, 2.24) is 24.5 Å². The van der Waals surface area contributed by atoms with E-state index in [2.05, 4.69) is 24.5 Å². The lowest BCUT2D eigenvalue weighted by Crippen LogP contribution is -1.78. The van der Waals surface area contributed by atoms with Crippen molar-refractivity contribution in [3.63, 3.8) is 0 Å². The second kappa shape index (κ2) is 10.3. The highest BCUT2D eigenvalue weighted by atomic mass is 32.1. The molecular formula is C23H17N5OS2. The molecule has 152 valence electrons. The van der Waals surface area contributed by atoms with Gasteiger partial charge in [0, 0.05) is 17.8 Å².